The van der Waals surface area contributed by atoms with E-state index in [0.29, 0.717) is 17.6 Å². The zero-order valence-corrected chi connectivity index (χ0v) is 12.1. The fourth-order valence-corrected chi connectivity index (χ4v) is 2.30. The molecule has 0 radical (unpaired) electrons. The summed E-state index contributed by atoms with van der Waals surface area (Å²) in [6.07, 6.45) is 0. The van der Waals surface area contributed by atoms with Crippen molar-refractivity contribution >= 4 is 28.4 Å². The van der Waals surface area contributed by atoms with Crippen molar-refractivity contribution in [2.45, 2.75) is 20.4 Å². The maximum absolute atomic E-state index is 13.7. The van der Waals surface area contributed by atoms with Crippen molar-refractivity contribution in [2.24, 2.45) is 0 Å². The van der Waals surface area contributed by atoms with Gasteiger partial charge in [0, 0.05) is 10.4 Å². The number of fused-ring (bicyclic) bond motifs is 1. The Balaban J connectivity index is 2.09. The van der Waals surface area contributed by atoms with E-state index in [4.69, 9.17) is 16.0 Å². The number of hydrogen-bond donors (Lipinski definition) is 0. The van der Waals surface area contributed by atoms with E-state index >= 15 is 0 Å². The number of benzene rings is 1. The van der Waals surface area contributed by atoms with Crippen LogP contribution in [0.4, 0.5) is 4.39 Å². The number of ketones is 1. The number of furan rings is 1. The highest BCUT2D eigenvalue weighted by Gasteiger charge is 2.22. The molecule has 3 rings (SSSR count). The van der Waals surface area contributed by atoms with E-state index in [-0.39, 0.29) is 22.1 Å². The lowest BCUT2D eigenvalue weighted by atomic mass is 10.2. The minimum absolute atomic E-state index is 0.00304. The molecule has 0 atom stereocenters. The molecular weight excluding hydrogens is 297 g/mol. The summed E-state index contributed by atoms with van der Waals surface area (Å²) >= 11 is 5.78. The molecule has 1 aromatic carbocycles. The molecule has 5 nitrogen and oxygen atoms in total. The second-order valence-corrected chi connectivity index (χ2v) is 5.00. The number of hydrogen-bond acceptors (Lipinski definition) is 4. The van der Waals surface area contributed by atoms with Gasteiger partial charge in [-0.1, -0.05) is 11.6 Å². The van der Waals surface area contributed by atoms with Gasteiger partial charge in [-0.05, 0) is 32.0 Å². The Bertz CT molecular complexity index is 853. The molecule has 0 aliphatic heterocycles. The molecule has 108 valence electrons. The molecule has 21 heavy (non-hydrogen) atoms. The first kappa shape index (κ1) is 13.8. The molecule has 2 aromatic heterocycles. The van der Waals surface area contributed by atoms with E-state index in [1.807, 2.05) is 6.92 Å². The van der Waals surface area contributed by atoms with Crippen molar-refractivity contribution in [1.29, 1.82) is 0 Å². The fraction of sp³-hybridized carbons (Fsp3) is 0.214. The number of carbonyl (C=O) groups is 1. The fourth-order valence-electron chi connectivity index (χ4n) is 2.09. The van der Waals surface area contributed by atoms with Crippen LogP contribution in [0.3, 0.4) is 0 Å². The second kappa shape index (κ2) is 4.96. The summed E-state index contributed by atoms with van der Waals surface area (Å²) in [7, 11) is 0. The largest absolute Gasteiger partial charge is 0.449 e. The lowest BCUT2D eigenvalue weighted by Crippen LogP contribution is -2.04. The van der Waals surface area contributed by atoms with Crippen LogP contribution in [-0.4, -0.2) is 20.8 Å². The van der Waals surface area contributed by atoms with Gasteiger partial charge >= 0.3 is 0 Å². The molecule has 3 aromatic rings. The monoisotopic (exact) mass is 307 g/mol. The van der Waals surface area contributed by atoms with Crippen molar-refractivity contribution in [3.8, 4) is 0 Å². The lowest BCUT2D eigenvalue weighted by molar-refractivity contribution is 0.100. The number of aromatic nitrogens is 3. The van der Waals surface area contributed by atoms with Crippen molar-refractivity contribution in [1.82, 2.24) is 15.0 Å². The highest BCUT2D eigenvalue weighted by atomic mass is 35.5. The van der Waals surface area contributed by atoms with Gasteiger partial charge in [-0.3, -0.25) is 4.79 Å². The Morgan fingerprint density at radius 2 is 2.14 bits per heavy atom. The summed E-state index contributed by atoms with van der Waals surface area (Å²) in [4.78, 5) is 13.8. The lowest BCUT2D eigenvalue weighted by Gasteiger charge is -1.93. The molecule has 0 aliphatic carbocycles. The molecule has 2 heterocycles. The Morgan fingerprint density at radius 3 is 2.81 bits per heavy atom. The van der Waals surface area contributed by atoms with Crippen LogP contribution in [0.1, 0.15) is 28.9 Å². The Labute approximate surface area is 124 Å². The summed E-state index contributed by atoms with van der Waals surface area (Å²) in [6, 6.07) is 4.13. The van der Waals surface area contributed by atoms with Crippen molar-refractivity contribution in [3.05, 3.63) is 46.2 Å². The number of carbonyl (C=O) groups excluding carboxylic acids is 1. The maximum atomic E-state index is 13.7. The van der Waals surface area contributed by atoms with E-state index in [2.05, 4.69) is 10.2 Å². The highest BCUT2D eigenvalue weighted by Crippen LogP contribution is 2.27. The molecule has 0 aliphatic rings. The van der Waals surface area contributed by atoms with Crippen LogP contribution < -0.4 is 0 Å². The van der Waals surface area contributed by atoms with Crippen LogP contribution in [0.25, 0.3) is 11.0 Å². The van der Waals surface area contributed by atoms with Gasteiger partial charge in [0.15, 0.2) is 22.9 Å². The average Bonchev–Trinajstić information content (AvgIpc) is 3.01. The standard InChI is InChI=1S/C14H11ClFN3O2/c1-3-19-17-7(2)12(18-19)13(20)11-5-8-4-9(15)6-10(16)14(8)21-11/h4-6H,3H2,1-2H3. The predicted octanol–water partition coefficient (Wildman–Crippen LogP) is 3.38. The Hall–Kier alpha value is -2.21. The summed E-state index contributed by atoms with van der Waals surface area (Å²) < 4.78 is 19.1. The first-order chi connectivity index (χ1) is 9.99. The summed E-state index contributed by atoms with van der Waals surface area (Å²) in [5.41, 5.74) is 0.700. The van der Waals surface area contributed by atoms with Crippen molar-refractivity contribution < 1.29 is 13.6 Å². The van der Waals surface area contributed by atoms with Crippen LogP contribution in [0.15, 0.2) is 22.6 Å². The topological polar surface area (TPSA) is 60.9 Å². The molecule has 0 saturated heterocycles. The Kier molecular flexibility index (Phi) is 3.25. The predicted molar refractivity (Wildman–Crippen MR) is 75.0 cm³/mol. The van der Waals surface area contributed by atoms with Gasteiger partial charge in [0.25, 0.3) is 0 Å². The minimum atomic E-state index is -0.606. The van der Waals surface area contributed by atoms with Gasteiger partial charge in [-0.2, -0.15) is 9.90 Å². The highest BCUT2D eigenvalue weighted by molar-refractivity contribution is 6.31. The first-order valence-corrected chi connectivity index (χ1v) is 6.72. The molecule has 0 amide bonds. The zero-order valence-electron chi connectivity index (χ0n) is 11.4. The molecule has 0 fully saturated rings. The third kappa shape index (κ3) is 2.31. The molecule has 0 unspecified atom stereocenters. The van der Waals surface area contributed by atoms with Gasteiger partial charge in [-0.15, -0.1) is 5.10 Å². The molecule has 0 bridgehead atoms. The summed E-state index contributed by atoms with van der Waals surface area (Å²) in [6.45, 7) is 4.11. The van der Waals surface area contributed by atoms with Crippen molar-refractivity contribution in [3.63, 3.8) is 0 Å². The molecule has 0 spiro atoms. The van der Waals surface area contributed by atoms with Crippen LogP contribution in [0.2, 0.25) is 5.02 Å². The van der Waals surface area contributed by atoms with E-state index < -0.39 is 11.6 Å². The molecule has 0 saturated carbocycles. The van der Waals surface area contributed by atoms with E-state index in [0.717, 1.165) is 6.07 Å². The normalized spacial score (nSPS) is 11.2. The maximum Gasteiger partial charge on any atom is 0.250 e. The SMILES string of the molecule is CCn1nc(C)c(C(=O)c2cc3cc(Cl)cc(F)c3o2)n1. The molecule has 7 heteroatoms. The van der Waals surface area contributed by atoms with Gasteiger partial charge in [-0.25, -0.2) is 4.39 Å². The van der Waals surface area contributed by atoms with Gasteiger partial charge in [0.05, 0.1) is 12.2 Å². The quantitative estimate of drug-likeness (QED) is 0.696. The second-order valence-electron chi connectivity index (χ2n) is 4.57. The summed E-state index contributed by atoms with van der Waals surface area (Å²) in [5.74, 6) is -1.03. The van der Waals surface area contributed by atoms with E-state index in [9.17, 15) is 9.18 Å². The van der Waals surface area contributed by atoms with E-state index in [1.165, 1.54) is 16.9 Å². The Morgan fingerprint density at radius 1 is 1.38 bits per heavy atom. The van der Waals surface area contributed by atoms with Crippen molar-refractivity contribution in [2.75, 3.05) is 0 Å². The van der Waals surface area contributed by atoms with Crippen LogP contribution >= 0.6 is 11.6 Å². The zero-order chi connectivity index (χ0) is 15.1. The van der Waals surface area contributed by atoms with Gasteiger partial charge in [0.2, 0.25) is 5.78 Å². The van der Waals surface area contributed by atoms with Gasteiger partial charge in [0.1, 0.15) is 0 Å². The first-order valence-electron chi connectivity index (χ1n) is 6.34. The number of nitrogens with zero attached hydrogens (tertiary/aromatic N) is 3. The smallest absolute Gasteiger partial charge is 0.250 e. The van der Waals surface area contributed by atoms with E-state index in [1.54, 1.807) is 6.92 Å². The third-order valence-electron chi connectivity index (χ3n) is 3.08. The number of halogens is 2. The molecular formula is C14H11ClFN3O2. The average molecular weight is 308 g/mol. The third-order valence-corrected chi connectivity index (χ3v) is 3.30. The molecule has 0 N–H and O–H groups in total. The summed E-state index contributed by atoms with van der Waals surface area (Å²) in [5, 5.41) is 8.88. The van der Waals surface area contributed by atoms with Gasteiger partial charge < -0.3 is 4.42 Å². The number of rotatable bonds is 3. The minimum Gasteiger partial charge on any atom is -0.449 e. The number of aryl methyl sites for hydroxylation is 2. The van der Waals surface area contributed by atoms with Crippen LogP contribution in [-0.2, 0) is 6.54 Å². The van der Waals surface area contributed by atoms with Crippen LogP contribution in [0, 0.1) is 12.7 Å². The van der Waals surface area contributed by atoms with Crippen LogP contribution in [0.5, 0.6) is 0 Å².